The summed E-state index contributed by atoms with van der Waals surface area (Å²) in [4.78, 5) is 110. The standard InChI is InChI=1S/C42H58N3O19P/c1-25(46)44-37-33(20-30(23-58-26(2)47)38(61-27(3)48)40(37)62-28(4)49)57-19-10-9-15-35(51)43-17-11-14-32-39(64-65(54,55)56-5)34(63-41(32)45-18-16-31(50)21-36(45)52)24-60-42(53)59-22-29-12-7-6-8-13-29/h6-8,12-13,16,18,30,32-34,37-41H,9-11,14-15,17,19-24H2,1-5H3,(H,43,51)(H,44,46)(H,54,55)/t30-,32+,33-,34-,37+,38+,39?,40-,41-/m1/s1. The largest absolute Gasteiger partial charge is 0.508 e. The van der Waals surface area contributed by atoms with Crippen LogP contribution in [0.5, 0.6) is 0 Å². The molecular weight excluding hydrogens is 881 g/mol. The molecule has 2 fully saturated rings. The quantitative estimate of drug-likeness (QED) is 0.0467. The molecule has 2 aliphatic heterocycles. The number of phosphoric acid groups is 1. The number of ketones is 1. The zero-order valence-electron chi connectivity index (χ0n) is 36.9. The Labute approximate surface area is 375 Å². The van der Waals surface area contributed by atoms with Crippen LogP contribution in [0, 0.1) is 11.8 Å². The topological polar surface area (TPSA) is 284 Å². The summed E-state index contributed by atoms with van der Waals surface area (Å²) in [7, 11) is -3.73. The number of rotatable bonds is 23. The first-order valence-corrected chi connectivity index (χ1v) is 22.6. The molecule has 0 bridgehead atoms. The van der Waals surface area contributed by atoms with Gasteiger partial charge in [0.2, 0.25) is 17.7 Å². The first kappa shape index (κ1) is 52.4. The van der Waals surface area contributed by atoms with Gasteiger partial charge in [0.1, 0.15) is 37.8 Å². The van der Waals surface area contributed by atoms with Crippen molar-refractivity contribution in [1.29, 1.82) is 0 Å². The molecule has 0 radical (unpaired) electrons. The Morgan fingerprint density at radius 1 is 0.877 bits per heavy atom. The van der Waals surface area contributed by atoms with Crippen molar-refractivity contribution in [3.8, 4) is 0 Å². The molecule has 2 unspecified atom stereocenters. The highest BCUT2D eigenvalue weighted by molar-refractivity contribution is 7.47. The first-order chi connectivity index (χ1) is 30.9. The molecule has 0 aromatic heterocycles. The minimum Gasteiger partial charge on any atom is -0.465 e. The van der Waals surface area contributed by atoms with Crippen molar-refractivity contribution >= 4 is 55.4 Å². The predicted molar refractivity (Wildman–Crippen MR) is 221 cm³/mol. The van der Waals surface area contributed by atoms with Crippen LogP contribution in [0.1, 0.15) is 78.2 Å². The van der Waals surface area contributed by atoms with Crippen LogP contribution in [0.3, 0.4) is 0 Å². The number of benzene rings is 1. The Bertz CT molecular complexity index is 1920. The van der Waals surface area contributed by atoms with Crippen LogP contribution >= 0.6 is 7.82 Å². The van der Waals surface area contributed by atoms with E-state index in [1.165, 1.54) is 37.9 Å². The lowest BCUT2D eigenvalue weighted by Gasteiger charge is -2.45. The number of ether oxygens (including phenoxy) is 7. The highest BCUT2D eigenvalue weighted by atomic mass is 31.2. The molecule has 1 saturated carbocycles. The molecule has 22 nitrogen and oxygen atoms in total. The van der Waals surface area contributed by atoms with Crippen LogP contribution in [0.4, 0.5) is 4.79 Å². The van der Waals surface area contributed by atoms with Crippen LogP contribution in [0.2, 0.25) is 0 Å². The van der Waals surface area contributed by atoms with Gasteiger partial charge in [-0.05, 0) is 43.7 Å². The van der Waals surface area contributed by atoms with Crippen LogP contribution < -0.4 is 10.6 Å². The second-order valence-corrected chi connectivity index (χ2v) is 17.1. The number of phosphoric ester groups is 1. The van der Waals surface area contributed by atoms with Crippen LogP contribution in [-0.4, -0.2) is 134 Å². The number of carbonyl (C=O) groups excluding carboxylic acids is 8. The van der Waals surface area contributed by atoms with Gasteiger partial charge in [0.15, 0.2) is 11.9 Å². The van der Waals surface area contributed by atoms with Crippen molar-refractivity contribution in [1.82, 2.24) is 15.5 Å². The van der Waals surface area contributed by atoms with Gasteiger partial charge in [0.25, 0.3) is 0 Å². The summed E-state index contributed by atoms with van der Waals surface area (Å²) < 4.78 is 62.0. The fourth-order valence-electron chi connectivity index (χ4n) is 7.73. The maximum absolute atomic E-state index is 13.0. The minimum absolute atomic E-state index is 0.0894. The average Bonchev–Trinajstić information content (AvgIpc) is 3.56. The van der Waals surface area contributed by atoms with Crippen molar-refractivity contribution in [2.75, 3.05) is 33.5 Å². The van der Waals surface area contributed by atoms with E-state index in [-0.39, 0.29) is 58.0 Å². The smallest absolute Gasteiger partial charge is 0.465 e. The van der Waals surface area contributed by atoms with Crippen molar-refractivity contribution < 1.29 is 90.0 Å². The molecular formula is C42H58N3O19P. The number of nitrogens with one attached hydrogen (secondary N) is 2. The minimum atomic E-state index is -4.69. The molecule has 2 heterocycles. The van der Waals surface area contributed by atoms with E-state index in [4.69, 9.17) is 37.7 Å². The lowest BCUT2D eigenvalue weighted by atomic mass is 9.79. The van der Waals surface area contributed by atoms with E-state index < -0.39 is 117 Å². The fourth-order valence-corrected chi connectivity index (χ4v) is 8.41. The maximum atomic E-state index is 13.0. The zero-order chi connectivity index (χ0) is 47.7. The van der Waals surface area contributed by atoms with Crippen LogP contribution in [0.25, 0.3) is 0 Å². The molecule has 3 amide bonds. The van der Waals surface area contributed by atoms with Crippen molar-refractivity contribution in [3.05, 3.63) is 48.2 Å². The van der Waals surface area contributed by atoms with E-state index in [1.807, 2.05) is 0 Å². The highest BCUT2D eigenvalue weighted by Gasteiger charge is 2.52. The molecule has 1 saturated heterocycles. The Kier molecular flexibility index (Phi) is 20.5. The third-order valence-electron chi connectivity index (χ3n) is 10.5. The summed E-state index contributed by atoms with van der Waals surface area (Å²) in [6, 6.07) is 7.89. The third-order valence-corrected chi connectivity index (χ3v) is 11.5. The van der Waals surface area contributed by atoms with Crippen LogP contribution in [0.15, 0.2) is 42.6 Å². The number of hydrogen-bond donors (Lipinski definition) is 3. The van der Waals surface area contributed by atoms with Gasteiger partial charge in [-0.1, -0.05) is 30.3 Å². The highest BCUT2D eigenvalue weighted by Crippen LogP contribution is 2.49. The Morgan fingerprint density at radius 2 is 1.58 bits per heavy atom. The van der Waals surface area contributed by atoms with Gasteiger partial charge >= 0.3 is 31.9 Å². The number of amides is 3. The molecule has 360 valence electrons. The fraction of sp³-hybridized carbons (Fsp3) is 0.619. The molecule has 1 aromatic rings. The van der Waals surface area contributed by atoms with Crippen molar-refractivity contribution in [3.63, 3.8) is 0 Å². The Balaban J connectivity index is 1.34. The van der Waals surface area contributed by atoms with E-state index >= 15 is 0 Å². The summed E-state index contributed by atoms with van der Waals surface area (Å²) in [6.07, 6.45) is -4.26. The Hall–Kier alpha value is -5.25. The molecule has 4 rings (SSSR count). The molecule has 1 aromatic carbocycles. The second-order valence-electron chi connectivity index (χ2n) is 15.6. The SMILES string of the molecule is COP(=O)(O)OC1[C@@H](COC(=O)OCc2ccccc2)O[C@@H](N2C=CC(=O)CC2=O)[C@H]1CCCNC(=O)CCCCO[C@@H]1C[C@H](COC(C)=O)[C@H](OC(C)=O)[C@H](OC(C)=O)[C@H]1NC(C)=O. The maximum Gasteiger partial charge on any atom is 0.508 e. The summed E-state index contributed by atoms with van der Waals surface area (Å²) in [6.45, 7) is 4.30. The lowest BCUT2D eigenvalue weighted by Crippen LogP contribution is -2.63. The summed E-state index contributed by atoms with van der Waals surface area (Å²) in [5.74, 6) is -5.25. The molecule has 10 atom stereocenters. The molecule has 3 aliphatic rings. The number of nitrogens with zero attached hydrogens (tertiary/aromatic N) is 1. The van der Waals surface area contributed by atoms with Gasteiger partial charge in [-0.25, -0.2) is 9.36 Å². The Morgan fingerprint density at radius 3 is 2.23 bits per heavy atom. The van der Waals surface area contributed by atoms with E-state index in [0.29, 0.717) is 18.4 Å². The van der Waals surface area contributed by atoms with E-state index in [0.717, 1.165) is 14.0 Å². The summed E-state index contributed by atoms with van der Waals surface area (Å²) >= 11 is 0. The molecule has 0 spiro atoms. The predicted octanol–water partition coefficient (Wildman–Crippen LogP) is 2.53. The summed E-state index contributed by atoms with van der Waals surface area (Å²) in [5, 5.41) is 5.55. The number of unbranched alkanes of at least 4 members (excludes halogenated alkanes) is 1. The second kappa shape index (κ2) is 25.4. The monoisotopic (exact) mass is 939 g/mol. The van der Waals surface area contributed by atoms with Gasteiger partial charge < -0.3 is 48.7 Å². The number of hydrogen-bond acceptors (Lipinski definition) is 18. The van der Waals surface area contributed by atoms with Gasteiger partial charge in [-0.3, -0.25) is 47.5 Å². The van der Waals surface area contributed by atoms with E-state index in [9.17, 15) is 47.8 Å². The number of carbonyl (C=O) groups is 8. The third kappa shape index (κ3) is 16.9. The van der Waals surface area contributed by atoms with E-state index in [2.05, 4.69) is 15.2 Å². The normalized spacial score (nSPS) is 26.1. The lowest BCUT2D eigenvalue weighted by molar-refractivity contribution is -0.193. The number of allylic oxidation sites excluding steroid dienone is 1. The van der Waals surface area contributed by atoms with Gasteiger partial charge in [-0.15, -0.1) is 0 Å². The molecule has 23 heteroatoms. The van der Waals surface area contributed by atoms with Crippen molar-refractivity contribution in [2.45, 2.75) is 122 Å². The summed E-state index contributed by atoms with van der Waals surface area (Å²) in [5.41, 5.74) is 0.700. The van der Waals surface area contributed by atoms with Gasteiger partial charge in [0, 0.05) is 72.4 Å². The van der Waals surface area contributed by atoms with Crippen molar-refractivity contribution in [2.24, 2.45) is 11.8 Å². The van der Waals surface area contributed by atoms with Crippen LogP contribution in [-0.2, 0) is 86.9 Å². The molecule has 65 heavy (non-hydrogen) atoms. The number of esters is 3. The molecule has 1 aliphatic carbocycles. The molecule has 3 N–H and O–H groups in total. The zero-order valence-corrected chi connectivity index (χ0v) is 37.8. The average molecular weight is 940 g/mol. The first-order valence-electron chi connectivity index (χ1n) is 21.1. The van der Waals surface area contributed by atoms with E-state index in [1.54, 1.807) is 30.3 Å². The van der Waals surface area contributed by atoms with Gasteiger partial charge in [0.05, 0.1) is 25.2 Å². The van der Waals surface area contributed by atoms with Gasteiger partial charge in [-0.2, -0.15) is 0 Å².